The first-order valence-electron chi connectivity index (χ1n) is 7.97. The van der Waals surface area contributed by atoms with E-state index in [0.717, 1.165) is 13.0 Å². The van der Waals surface area contributed by atoms with Gasteiger partial charge in [0, 0.05) is 19.1 Å². The van der Waals surface area contributed by atoms with Crippen molar-refractivity contribution in [1.29, 1.82) is 0 Å². The Kier molecular flexibility index (Phi) is 8.19. The summed E-state index contributed by atoms with van der Waals surface area (Å²) in [7, 11) is 0. The summed E-state index contributed by atoms with van der Waals surface area (Å²) in [5, 5.41) is 10.2. The highest BCUT2D eigenvalue weighted by Crippen LogP contribution is 2.16. The molecule has 2 atom stereocenters. The Morgan fingerprint density at radius 1 is 1.36 bits per heavy atom. The van der Waals surface area contributed by atoms with E-state index < -0.39 is 6.10 Å². The van der Waals surface area contributed by atoms with Gasteiger partial charge in [-0.2, -0.15) is 0 Å². The first kappa shape index (κ1) is 18.7. The largest absolute Gasteiger partial charge is 0.389 e. The molecular weight excluding hydrogens is 274 g/mol. The Hall–Kier alpha value is -1.34. The highest BCUT2D eigenvalue weighted by Gasteiger charge is 2.18. The van der Waals surface area contributed by atoms with Gasteiger partial charge in [-0.25, -0.2) is 0 Å². The van der Waals surface area contributed by atoms with E-state index in [1.807, 2.05) is 0 Å². The van der Waals surface area contributed by atoms with Crippen LogP contribution in [0.25, 0.3) is 0 Å². The molecule has 3 nitrogen and oxygen atoms in total. The molecule has 0 aliphatic carbocycles. The summed E-state index contributed by atoms with van der Waals surface area (Å²) in [6, 6.07) is 6.93. The summed E-state index contributed by atoms with van der Waals surface area (Å²) >= 11 is 0. The number of aryl methyl sites for hydroxylation is 2. The molecular formula is C19H29NO2. The normalized spacial score (nSPS) is 13.9. The lowest BCUT2D eigenvalue weighted by atomic mass is 10.0. The molecule has 1 aromatic carbocycles. The molecule has 0 aliphatic rings. The van der Waals surface area contributed by atoms with Crippen molar-refractivity contribution in [1.82, 2.24) is 4.90 Å². The van der Waals surface area contributed by atoms with Gasteiger partial charge in [0.2, 0.25) is 0 Å². The molecule has 1 N–H and O–H groups in total. The topological polar surface area (TPSA) is 32.7 Å². The molecule has 3 heteroatoms. The average Bonchev–Trinajstić information content (AvgIpc) is 2.49. The first-order chi connectivity index (χ1) is 10.5. The lowest BCUT2D eigenvalue weighted by Crippen LogP contribution is -2.40. The minimum atomic E-state index is -0.521. The van der Waals surface area contributed by atoms with Gasteiger partial charge in [-0.3, -0.25) is 4.90 Å². The zero-order valence-electron chi connectivity index (χ0n) is 14.3. The first-order valence-corrected chi connectivity index (χ1v) is 7.97. The number of hydrogen-bond acceptors (Lipinski definition) is 3. The molecule has 0 heterocycles. The second-order valence-electron chi connectivity index (χ2n) is 5.99. The van der Waals surface area contributed by atoms with Gasteiger partial charge >= 0.3 is 0 Å². The van der Waals surface area contributed by atoms with Crippen LogP contribution in [0.15, 0.2) is 18.2 Å². The fourth-order valence-electron chi connectivity index (χ4n) is 2.43. The molecule has 0 amide bonds. The molecule has 1 rings (SSSR count). The lowest BCUT2D eigenvalue weighted by Gasteiger charge is -2.31. The zero-order valence-corrected chi connectivity index (χ0v) is 14.3. The highest BCUT2D eigenvalue weighted by molar-refractivity contribution is 5.30. The summed E-state index contributed by atoms with van der Waals surface area (Å²) in [5.41, 5.74) is 3.87. The second-order valence-corrected chi connectivity index (χ2v) is 5.99. The average molecular weight is 303 g/mol. The number of terminal acetylenes is 1. The summed E-state index contributed by atoms with van der Waals surface area (Å²) in [6.45, 7) is 10.6. The lowest BCUT2D eigenvalue weighted by molar-refractivity contribution is 0.0169. The van der Waals surface area contributed by atoms with Crippen molar-refractivity contribution in [2.75, 3.05) is 19.8 Å². The Morgan fingerprint density at radius 3 is 2.73 bits per heavy atom. The van der Waals surface area contributed by atoms with E-state index in [1.165, 1.54) is 16.7 Å². The van der Waals surface area contributed by atoms with E-state index in [-0.39, 0.29) is 13.2 Å². The van der Waals surface area contributed by atoms with Crippen molar-refractivity contribution in [3.63, 3.8) is 0 Å². The molecule has 22 heavy (non-hydrogen) atoms. The van der Waals surface area contributed by atoms with Crippen LogP contribution in [0.3, 0.4) is 0 Å². The standard InChI is InChI=1S/C19H29NO2/c1-6-10-22-14-19(21)13-20(17(5)7-2)12-18-11-15(3)8-9-16(18)4/h1,8-9,11,17,19,21H,7,10,12-14H2,2-5H3/t17-,19+/m0/s1. The van der Waals surface area contributed by atoms with Gasteiger partial charge in [-0.1, -0.05) is 36.6 Å². The molecule has 122 valence electrons. The minimum absolute atomic E-state index is 0.247. The van der Waals surface area contributed by atoms with Crippen molar-refractivity contribution in [3.05, 3.63) is 34.9 Å². The molecule has 0 saturated carbocycles. The monoisotopic (exact) mass is 303 g/mol. The SMILES string of the molecule is C#CCOC[C@H](O)CN(Cc1cc(C)ccc1C)[C@@H](C)CC. The maximum absolute atomic E-state index is 10.2. The van der Waals surface area contributed by atoms with Gasteiger partial charge in [-0.15, -0.1) is 6.42 Å². The maximum Gasteiger partial charge on any atom is 0.107 e. The third-order valence-electron chi connectivity index (χ3n) is 4.03. The Morgan fingerprint density at radius 2 is 2.09 bits per heavy atom. The summed E-state index contributed by atoms with van der Waals surface area (Å²) in [6.07, 6.45) is 5.68. The summed E-state index contributed by atoms with van der Waals surface area (Å²) in [4.78, 5) is 2.31. The molecule has 1 aromatic rings. The number of rotatable bonds is 9. The smallest absolute Gasteiger partial charge is 0.107 e. The van der Waals surface area contributed by atoms with Gasteiger partial charge in [0.15, 0.2) is 0 Å². The van der Waals surface area contributed by atoms with Crippen LogP contribution in [0.2, 0.25) is 0 Å². The predicted octanol–water partition coefficient (Wildman–Crippen LogP) is 2.91. The molecule has 0 fully saturated rings. The molecule has 0 spiro atoms. The third kappa shape index (κ3) is 6.19. The van der Waals surface area contributed by atoms with Crippen LogP contribution in [-0.4, -0.2) is 41.9 Å². The number of hydrogen-bond donors (Lipinski definition) is 1. The zero-order chi connectivity index (χ0) is 16.5. The second kappa shape index (κ2) is 9.63. The van der Waals surface area contributed by atoms with Crippen molar-refractivity contribution in [3.8, 4) is 12.3 Å². The van der Waals surface area contributed by atoms with Crippen molar-refractivity contribution >= 4 is 0 Å². The number of aliphatic hydroxyl groups excluding tert-OH is 1. The molecule has 0 unspecified atom stereocenters. The van der Waals surface area contributed by atoms with Gasteiger partial charge in [0.25, 0.3) is 0 Å². The molecule has 0 bridgehead atoms. The Labute approximate surface area is 135 Å². The van der Waals surface area contributed by atoms with Crippen LogP contribution in [0.1, 0.15) is 37.0 Å². The van der Waals surface area contributed by atoms with E-state index >= 15 is 0 Å². The van der Waals surface area contributed by atoms with Crippen LogP contribution >= 0.6 is 0 Å². The number of nitrogens with zero attached hydrogens (tertiary/aromatic N) is 1. The van der Waals surface area contributed by atoms with Crippen LogP contribution in [0, 0.1) is 26.2 Å². The van der Waals surface area contributed by atoms with Crippen LogP contribution in [-0.2, 0) is 11.3 Å². The molecule has 0 aromatic heterocycles. The number of ether oxygens (including phenoxy) is 1. The van der Waals surface area contributed by atoms with Crippen molar-refractivity contribution in [2.45, 2.75) is 52.8 Å². The van der Waals surface area contributed by atoms with Crippen LogP contribution < -0.4 is 0 Å². The van der Waals surface area contributed by atoms with Crippen molar-refractivity contribution in [2.24, 2.45) is 0 Å². The molecule has 0 aliphatic heterocycles. The summed E-state index contributed by atoms with van der Waals surface area (Å²) < 4.78 is 5.24. The highest BCUT2D eigenvalue weighted by atomic mass is 16.5. The van der Waals surface area contributed by atoms with Crippen molar-refractivity contribution < 1.29 is 9.84 Å². The maximum atomic E-state index is 10.2. The predicted molar refractivity (Wildman–Crippen MR) is 91.7 cm³/mol. The Bertz CT molecular complexity index is 493. The van der Waals surface area contributed by atoms with Crippen LogP contribution in [0.4, 0.5) is 0 Å². The molecule has 0 saturated heterocycles. The number of aliphatic hydroxyl groups is 1. The van der Waals surface area contributed by atoms with Gasteiger partial charge in [0.1, 0.15) is 6.61 Å². The minimum Gasteiger partial charge on any atom is -0.389 e. The third-order valence-corrected chi connectivity index (χ3v) is 4.03. The summed E-state index contributed by atoms with van der Waals surface area (Å²) in [5.74, 6) is 2.42. The van der Waals surface area contributed by atoms with E-state index in [1.54, 1.807) is 0 Å². The fourth-order valence-corrected chi connectivity index (χ4v) is 2.43. The van der Waals surface area contributed by atoms with Crippen LogP contribution in [0.5, 0.6) is 0 Å². The van der Waals surface area contributed by atoms with E-state index in [9.17, 15) is 5.11 Å². The van der Waals surface area contributed by atoms with E-state index in [0.29, 0.717) is 12.6 Å². The van der Waals surface area contributed by atoms with Gasteiger partial charge in [0.05, 0.1) is 12.7 Å². The molecule has 0 radical (unpaired) electrons. The van der Waals surface area contributed by atoms with E-state index in [2.05, 4.69) is 56.7 Å². The van der Waals surface area contributed by atoms with E-state index in [4.69, 9.17) is 11.2 Å². The van der Waals surface area contributed by atoms with Gasteiger partial charge in [-0.05, 0) is 38.3 Å². The number of benzene rings is 1. The quantitative estimate of drug-likeness (QED) is 0.562. The fraction of sp³-hybridized carbons (Fsp3) is 0.579. The Balaban J connectivity index is 2.72. The van der Waals surface area contributed by atoms with Gasteiger partial charge < -0.3 is 9.84 Å².